The molecule has 80 valence electrons. The van der Waals surface area contributed by atoms with Gasteiger partial charge in [0.2, 0.25) is 0 Å². The van der Waals surface area contributed by atoms with Crippen molar-refractivity contribution >= 4 is 21.8 Å². The molecule has 0 spiro atoms. The van der Waals surface area contributed by atoms with Crippen LogP contribution in [0, 0.1) is 0 Å². The Morgan fingerprint density at radius 2 is 2.07 bits per heavy atom. The van der Waals surface area contributed by atoms with Crippen LogP contribution in [-0.4, -0.2) is 12.5 Å². The minimum Gasteiger partial charge on any atom is -0.352 e. The quantitative estimate of drug-likeness (QED) is 0.496. The molecule has 0 aromatic heterocycles. The Morgan fingerprint density at radius 3 is 2.60 bits per heavy atom. The summed E-state index contributed by atoms with van der Waals surface area (Å²) >= 11 is 3.36. The van der Waals surface area contributed by atoms with E-state index in [1.165, 1.54) is 0 Å². The molecule has 3 heteroatoms. The van der Waals surface area contributed by atoms with Gasteiger partial charge >= 0.3 is 0 Å². The molecule has 0 unspecified atom stereocenters. The second-order valence-electron chi connectivity index (χ2n) is 3.16. The first-order valence-corrected chi connectivity index (χ1v) is 5.94. The van der Waals surface area contributed by atoms with Gasteiger partial charge in [0.15, 0.2) is 0 Å². The molecule has 1 aromatic carbocycles. The number of rotatable bonds is 5. The van der Waals surface area contributed by atoms with Crippen LogP contribution in [0.4, 0.5) is 0 Å². The van der Waals surface area contributed by atoms with Crippen LogP contribution in [0.25, 0.3) is 0 Å². The second-order valence-corrected chi connectivity index (χ2v) is 3.72. The van der Waals surface area contributed by atoms with Gasteiger partial charge in [-0.3, -0.25) is 4.79 Å². The first kappa shape index (κ1) is 12.0. The molecular weight excluding hydrogens is 254 g/mol. The summed E-state index contributed by atoms with van der Waals surface area (Å²) in [5, 5.41) is 3.63. The fourth-order valence-corrected chi connectivity index (χ4v) is 1.51. The number of benzene rings is 1. The van der Waals surface area contributed by atoms with Gasteiger partial charge in [0, 0.05) is 17.4 Å². The summed E-state index contributed by atoms with van der Waals surface area (Å²) < 4.78 is 0. The van der Waals surface area contributed by atoms with Crippen molar-refractivity contribution in [3.63, 3.8) is 0 Å². The van der Waals surface area contributed by atoms with Crippen LogP contribution in [0.3, 0.4) is 0 Å². The average molecular weight is 268 g/mol. The Morgan fingerprint density at radius 1 is 1.40 bits per heavy atom. The zero-order valence-electron chi connectivity index (χ0n) is 8.50. The smallest absolute Gasteiger partial charge is 0.251 e. The van der Waals surface area contributed by atoms with E-state index >= 15 is 0 Å². The van der Waals surface area contributed by atoms with E-state index in [1.54, 1.807) is 6.08 Å². The fraction of sp³-hybridized carbons (Fsp3) is 0.250. The normalized spacial score (nSPS) is 9.67. The van der Waals surface area contributed by atoms with Crippen LogP contribution in [0.1, 0.15) is 22.3 Å². The second kappa shape index (κ2) is 6.40. The summed E-state index contributed by atoms with van der Waals surface area (Å²) in [4.78, 5) is 11.6. The largest absolute Gasteiger partial charge is 0.352 e. The summed E-state index contributed by atoms with van der Waals surface area (Å²) in [6.07, 6.45) is 2.58. The van der Waals surface area contributed by atoms with E-state index in [-0.39, 0.29) is 5.91 Å². The predicted octanol–water partition coefficient (Wildman–Crippen LogP) is 2.89. The van der Waals surface area contributed by atoms with Gasteiger partial charge in [0.25, 0.3) is 5.91 Å². The Kier molecular flexibility index (Phi) is 5.12. The average Bonchev–Trinajstić information content (AvgIpc) is 2.29. The van der Waals surface area contributed by atoms with E-state index in [0.29, 0.717) is 12.1 Å². The number of nitrogens with one attached hydrogen (secondary N) is 1. The lowest BCUT2D eigenvalue weighted by atomic mass is 10.1. The van der Waals surface area contributed by atoms with E-state index in [4.69, 9.17) is 0 Å². The van der Waals surface area contributed by atoms with Crippen LogP contribution < -0.4 is 5.32 Å². The third-order valence-electron chi connectivity index (χ3n) is 2.00. The van der Waals surface area contributed by atoms with Crippen molar-refractivity contribution in [1.29, 1.82) is 0 Å². The molecule has 1 amide bonds. The summed E-state index contributed by atoms with van der Waals surface area (Å²) in [5.41, 5.74) is 1.86. The fourth-order valence-electron chi connectivity index (χ4n) is 1.14. The maximum Gasteiger partial charge on any atom is 0.251 e. The summed E-state index contributed by atoms with van der Waals surface area (Å²) in [5.74, 6) is -0.0297. The summed E-state index contributed by atoms with van der Waals surface area (Å²) in [7, 11) is 0. The zero-order valence-corrected chi connectivity index (χ0v) is 10.1. The highest BCUT2D eigenvalue weighted by Crippen LogP contribution is 2.07. The Bertz CT molecular complexity index is 332. The first-order valence-electron chi connectivity index (χ1n) is 4.82. The molecule has 2 nitrogen and oxygen atoms in total. The molecule has 0 saturated carbocycles. The zero-order chi connectivity index (χ0) is 11.1. The molecule has 0 fully saturated rings. The van der Waals surface area contributed by atoms with Crippen molar-refractivity contribution in [2.24, 2.45) is 0 Å². The molecule has 1 aromatic rings. The first-order chi connectivity index (χ1) is 7.27. The molecule has 0 atom stereocenters. The van der Waals surface area contributed by atoms with Gasteiger partial charge in [-0.05, 0) is 24.1 Å². The van der Waals surface area contributed by atoms with E-state index in [2.05, 4.69) is 27.8 Å². The number of amides is 1. The monoisotopic (exact) mass is 267 g/mol. The number of carbonyl (C=O) groups is 1. The molecule has 15 heavy (non-hydrogen) atoms. The Hall–Kier alpha value is -1.09. The van der Waals surface area contributed by atoms with Crippen LogP contribution in [-0.2, 0) is 5.33 Å². The molecule has 0 aliphatic rings. The molecule has 0 saturated heterocycles. The lowest BCUT2D eigenvalue weighted by Crippen LogP contribution is -2.23. The molecule has 0 aliphatic heterocycles. The minimum absolute atomic E-state index is 0.0297. The van der Waals surface area contributed by atoms with E-state index in [0.717, 1.165) is 17.3 Å². The number of carbonyl (C=O) groups excluding carboxylic acids is 1. The predicted molar refractivity (Wildman–Crippen MR) is 66.2 cm³/mol. The van der Waals surface area contributed by atoms with E-state index in [1.807, 2.05) is 24.3 Å². The van der Waals surface area contributed by atoms with Gasteiger partial charge in [0.1, 0.15) is 0 Å². The lowest BCUT2D eigenvalue weighted by Gasteiger charge is -2.03. The van der Waals surface area contributed by atoms with Gasteiger partial charge in [-0.1, -0.05) is 34.1 Å². The van der Waals surface area contributed by atoms with Gasteiger partial charge < -0.3 is 5.32 Å². The molecule has 0 heterocycles. The minimum atomic E-state index is -0.0297. The molecule has 1 N–H and O–H groups in total. The van der Waals surface area contributed by atoms with E-state index in [9.17, 15) is 4.79 Å². The summed E-state index contributed by atoms with van der Waals surface area (Å²) in [6.45, 7) is 4.24. The standard InChI is InChI=1S/C12H14BrNO/c1-2-3-8-14-12(15)11-6-4-10(9-13)5-7-11/h2,4-7H,1,3,8-9H2,(H,14,15). The van der Waals surface area contributed by atoms with Crippen LogP contribution in [0.2, 0.25) is 0 Å². The van der Waals surface area contributed by atoms with Gasteiger partial charge in [-0.25, -0.2) is 0 Å². The highest BCUT2D eigenvalue weighted by Gasteiger charge is 2.03. The number of halogens is 1. The van der Waals surface area contributed by atoms with Crippen molar-refractivity contribution < 1.29 is 4.79 Å². The van der Waals surface area contributed by atoms with Crippen molar-refractivity contribution in [1.82, 2.24) is 5.32 Å². The third-order valence-corrected chi connectivity index (χ3v) is 2.65. The van der Waals surface area contributed by atoms with Crippen LogP contribution in [0.5, 0.6) is 0 Å². The SMILES string of the molecule is C=CCCNC(=O)c1ccc(CBr)cc1. The summed E-state index contributed by atoms with van der Waals surface area (Å²) in [6, 6.07) is 7.55. The maximum absolute atomic E-state index is 11.6. The van der Waals surface area contributed by atoms with Crippen LogP contribution in [0.15, 0.2) is 36.9 Å². The number of hydrogen-bond donors (Lipinski definition) is 1. The van der Waals surface area contributed by atoms with Gasteiger partial charge in [-0.2, -0.15) is 0 Å². The third kappa shape index (κ3) is 3.88. The highest BCUT2D eigenvalue weighted by atomic mass is 79.9. The highest BCUT2D eigenvalue weighted by molar-refractivity contribution is 9.08. The van der Waals surface area contributed by atoms with Crippen molar-refractivity contribution in [2.45, 2.75) is 11.8 Å². The van der Waals surface area contributed by atoms with Gasteiger partial charge in [-0.15, -0.1) is 6.58 Å². The maximum atomic E-state index is 11.6. The van der Waals surface area contributed by atoms with Crippen molar-refractivity contribution in [3.05, 3.63) is 48.0 Å². The Balaban J connectivity index is 2.54. The molecule has 1 rings (SSSR count). The molecule has 0 radical (unpaired) electrons. The number of alkyl halides is 1. The molecule has 0 bridgehead atoms. The topological polar surface area (TPSA) is 29.1 Å². The Labute approximate surface area is 98.5 Å². The van der Waals surface area contributed by atoms with Crippen LogP contribution >= 0.6 is 15.9 Å². The lowest BCUT2D eigenvalue weighted by molar-refractivity contribution is 0.0954. The van der Waals surface area contributed by atoms with Gasteiger partial charge in [0.05, 0.1) is 0 Å². The molecular formula is C12H14BrNO. The molecule has 0 aliphatic carbocycles. The van der Waals surface area contributed by atoms with Crippen molar-refractivity contribution in [3.8, 4) is 0 Å². The van der Waals surface area contributed by atoms with Crippen molar-refractivity contribution in [2.75, 3.05) is 6.54 Å². The number of hydrogen-bond acceptors (Lipinski definition) is 1. The van der Waals surface area contributed by atoms with E-state index < -0.39 is 0 Å².